The van der Waals surface area contributed by atoms with E-state index in [2.05, 4.69) is 60.3 Å². The first-order valence-electron chi connectivity index (χ1n) is 9.27. The second-order valence-corrected chi connectivity index (χ2v) is 8.91. The number of hydrogen-bond acceptors (Lipinski definition) is 5. The van der Waals surface area contributed by atoms with E-state index in [9.17, 15) is 5.26 Å². The van der Waals surface area contributed by atoms with Crippen molar-refractivity contribution in [2.24, 2.45) is 5.92 Å². The van der Waals surface area contributed by atoms with Crippen LogP contribution in [0, 0.1) is 36.5 Å². The Balaban J connectivity index is 1.68. The summed E-state index contributed by atoms with van der Waals surface area (Å²) in [6.45, 7) is 4.37. The van der Waals surface area contributed by atoms with Crippen molar-refractivity contribution >= 4 is 37.8 Å². The molecule has 2 unspecified atom stereocenters. The fourth-order valence-corrected chi connectivity index (χ4v) is 5.03. The standard InChI is InChI=1S/C22H18Br2N4O2/c1-11-3-5-13(6-4-11)10-29-20-16(23)7-14(8-17(20)24)19-15(9-25)21(26)30-22-18(19)12(2)27-28-22/h3-8,15,19,26H,10H2,1-2H3,(H,27,28). The molecule has 6 nitrogen and oxygen atoms in total. The average Bonchev–Trinajstić information content (AvgIpc) is 3.07. The van der Waals surface area contributed by atoms with Gasteiger partial charge < -0.3 is 9.47 Å². The number of nitriles is 1. The Labute approximate surface area is 191 Å². The zero-order valence-corrected chi connectivity index (χ0v) is 19.5. The molecule has 2 heterocycles. The van der Waals surface area contributed by atoms with Gasteiger partial charge in [0.25, 0.3) is 0 Å². The van der Waals surface area contributed by atoms with Gasteiger partial charge in [0, 0.05) is 17.2 Å². The van der Waals surface area contributed by atoms with E-state index in [0.29, 0.717) is 18.2 Å². The van der Waals surface area contributed by atoms with Crippen LogP contribution in [0.15, 0.2) is 45.3 Å². The van der Waals surface area contributed by atoms with Crippen molar-refractivity contribution in [3.63, 3.8) is 0 Å². The van der Waals surface area contributed by atoms with Gasteiger partial charge >= 0.3 is 0 Å². The van der Waals surface area contributed by atoms with Crippen LogP contribution in [0.5, 0.6) is 11.6 Å². The third kappa shape index (κ3) is 3.75. The number of aromatic amines is 1. The smallest absolute Gasteiger partial charge is 0.243 e. The number of nitrogens with one attached hydrogen (secondary N) is 2. The van der Waals surface area contributed by atoms with Crippen molar-refractivity contribution in [1.29, 1.82) is 10.7 Å². The van der Waals surface area contributed by atoms with Gasteiger partial charge in [-0.3, -0.25) is 10.5 Å². The lowest BCUT2D eigenvalue weighted by Crippen LogP contribution is -2.31. The molecule has 4 rings (SSSR count). The van der Waals surface area contributed by atoms with Crippen LogP contribution in [0.1, 0.15) is 33.9 Å². The Kier molecular flexibility index (Phi) is 5.67. The molecule has 0 saturated carbocycles. The summed E-state index contributed by atoms with van der Waals surface area (Å²) >= 11 is 7.22. The maximum Gasteiger partial charge on any atom is 0.243 e. The monoisotopic (exact) mass is 528 g/mol. The van der Waals surface area contributed by atoms with E-state index in [1.165, 1.54) is 5.56 Å². The topological polar surface area (TPSA) is 94.8 Å². The van der Waals surface area contributed by atoms with Crippen LogP contribution in [0.4, 0.5) is 0 Å². The average molecular weight is 530 g/mol. The van der Waals surface area contributed by atoms with Gasteiger partial charge in [0.2, 0.25) is 11.8 Å². The van der Waals surface area contributed by atoms with E-state index in [4.69, 9.17) is 14.9 Å². The van der Waals surface area contributed by atoms with Crippen LogP contribution in [0.3, 0.4) is 0 Å². The molecule has 0 radical (unpaired) electrons. The Morgan fingerprint density at radius 2 is 1.87 bits per heavy atom. The number of H-pyrrole nitrogens is 1. The van der Waals surface area contributed by atoms with Crippen LogP contribution < -0.4 is 9.47 Å². The summed E-state index contributed by atoms with van der Waals surface area (Å²) in [6.07, 6.45) is 0. The van der Waals surface area contributed by atoms with Crippen molar-refractivity contribution in [2.45, 2.75) is 26.4 Å². The third-order valence-corrected chi connectivity index (χ3v) is 6.29. The minimum Gasteiger partial charge on any atom is -0.487 e. The maximum atomic E-state index is 9.72. The van der Waals surface area contributed by atoms with E-state index in [1.807, 2.05) is 38.1 Å². The Bertz CT molecular complexity index is 1140. The largest absolute Gasteiger partial charge is 0.487 e. The summed E-state index contributed by atoms with van der Waals surface area (Å²) in [5, 5.41) is 24.9. The lowest BCUT2D eigenvalue weighted by atomic mass is 9.79. The molecule has 0 amide bonds. The summed E-state index contributed by atoms with van der Waals surface area (Å²) in [6, 6.07) is 14.3. The van der Waals surface area contributed by atoms with E-state index in [1.54, 1.807) is 0 Å². The third-order valence-electron chi connectivity index (χ3n) is 5.12. The summed E-state index contributed by atoms with van der Waals surface area (Å²) < 4.78 is 13.0. The predicted molar refractivity (Wildman–Crippen MR) is 120 cm³/mol. The molecular formula is C22H18Br2N4O2. The highest BCUT2D eigenvalue weighted by Crippen LogP contribution is 2.46. The zero-order chi connectivity index (χ0) is 21.4. The fraction of sp³-hybridized carbons (Fsp3) is 0.227. The highest BCUT2D eigenvalue weighted by Gasteiger charge is 2.40. The molecule has 1 aromatic heterocycles. The van der Waals surface area contributed by atoms with Crippen molar-refractivity contribution in [2.75, 3.05) is 0 Å². The number of ether oxygens (including phenoxy) is 2. The lowest BCUT2D eigenvalue weighted by Gasteiger charge is -2.28. The summed E-state index contributed by atoms with van der Waals surface area (Å²) in [7, 11) is 0. The van der Waals surface area contributed by atoms with Gasteiger partial charge in [-0.05, 0) is 69.0 Å². The fourth-order valence-electron chi connectivity index (χ4n) is 3.57. The minimum atomic E-state index is -0.744. The van der Waals surface area contributed by atoms with Gasteiger partial charge in [0.15, 0.2) is 0 Å². The lowest BCUT2D eigenvalue weighted by molar-refractivity contribution is 0.302. The van der Waals surface area contributed by atoms with Crippen molar-refractivity contribution in [1.82, 2.24) is 10.2 Å². The molecule has 8 heteroatoms. The number of aromatic nitrogens is 2. The van der Waals surface area contributed by atoms with E-state index < -0.39 is 5.92 Å². The molecule has 30 heavy (non-hydrogen) atoms. The number of halogens is 2. The molecule has 1 aliphatic rings. The van der Waals surface area contributed by atoms with Gasteiger partial charge in [-0.2, -0.15) is 5.26 Å². The molecule has 0 bridgehead atoms. The molecule has 0 aliphatic carbocycles. The van der Waals surface area contributed by atoms with Crippen LogP contribution in [0.2, 0.25) is 0 Å². The molecule has 0 spiro atoms. The predicted octanol–water partition coefficient (Wildman–Crippen LogP) is 5.77. The first-order valence-corrected chi connectivity index (χ1v) is 10.9. The molecule has 0 fully saturated rings. The van der Waals surface area contributed by atoms with Gasteiger partial charge in [-0.25, -0.2) is 0 Å². The second kappa shape index (κ2) is 8.25. The number of aryl methyl sites for hydroxylation is 2. The SMILES string of the molecule is Cc1ccc(COc2c(Br)cc(C3c4c(n[nH]c4C)OC(=N)C3C#N)cc2Br)cc1. The molecule has 1 aliphatic heterocycles. The highest BCUT2D eigenvalue weighted by atomic mass is 79.9. The van der Waals surface area contributed by atoms with Crippen LogP contribution in [-0.2, 0) is 6.61 Å². The van der Waals surface area contributed by atoms with E-state index in [0.717, 1.165) is 31.3 Å². The number of hydrogen-bond donors (Lipinski definition) is 2. The first-order chi connectivity index (χ1) is 14.4. The number of benzene rings is 2. The number of nitrogens with zero attached hydrogens (tertiary/aromatic N) is 2. The maximum absolute atomic E-state index is 9.72. The van der Waals surface area contributed by atoms with Crippen LogP contribution >= 0.6 is 31.9 Å². The molecular weight excluding hydrogens is 512 g/mol. The van der Waals surface area contributed by atoms with Crippen molar-refractivity contribution in [3.05, 3.63) is 73.3 Å². The minimum absolute atomic E-state index is 0.103. The highest BCUT2D eigenvalue weighted by molar-refractivity contribution is 9.11. The zero-order valence-electron chi connectivity index (χ0n) is 16.3. The van der Waals surface area contributed by atoms with Crippen molar-refractivity contribution in [3.8, 4) is 17.7 Å². The summed E-state index contributed by atoms with van der Waals surface area (Å²) in [4.78, 5) is 0. The van der Waals surface area contributed by atoms with Gasteiger partial charge in [0.1, 0.15) is 18.3 Å². The van der Waals surface area contributed by atoms with Gasteiger partial charge in [-0.1, -0.05) is 29.8 Å². The first kappa shape index (κ1) is 20.6. The molecule has 152 valence electrons. The molecule has 0 saturated heterocycles. The Morgan fingerprint density at radius 3 is 2.50 bits per heavy atom. The summed E-state index contributed by atoms with van der Waals surface area (Å²) in [5.41, 5.74) is 4.75. The molecule has 2 N–H and O–H groups in total. The number of rotatable bonds is 4. The Hall–Kier alpha value is -2.63. The van der Waals surface area contributed by atoms with Gasteiger partial charge in [0.05, 0.1) is 15.0 Å². The number of fused-ring (bicyclic) bond motifs is 1. The molecule has 2 atom stereocenters. The molecule has 2 aromatic carbocycles. The van der Waals surface area contributed by atoms with E-state index in [-0.39, 0.29) is 11.8 Å². The van der Waals surface area contributed by atoms with Gasteiger partial charge in [-0.15, -0.1) is 5.10 Å². The van der Waals surface area contributed by atoms with E-state index >= 15 is 0 Å². The van der Waals surface area contributed by atoms with Crippen molar-refractivity contribution < 1.29 is 9.47 Å². The normalized spacial score (nSPS) is 17.8. The van der Waals surface area contributed by atoms with Crippen LogP contribution in [-0.4, -0.2) is 16.1 Å². The summed E-state index contributed by atoms with van der Waals surface area (Å²) in [5.74, 6) is -0.191. The van der Waals surface area contributed by atoms with Crippen LogP contribution in [0.25, 0.3) is 0 Å². The quantitative estimate of drug-likeness (QED) is 0.448. The Morgan fingerprint density at radius 1 is 1.20 bits per heavy atom. The second-order valence-electron chi connectivity index (χ2n) is 7.21. The molecule has 3 aromatic rings.